The molecule has 0 aliphatic carbocycles. The molecule has 3 heteroatoms. The minimum atomic E-state index is 0.707. The van der Waals surface area contributed by atoms with Gasteiger partial charge in [-0.15, -0.1) is 0 Å². The van der Waals surface area contributed by atoms with Crippen LogP contribution in [0, 0.1) is 12.8 Å². The molecule has 1 aliphatic heterocycles. The molecule has 1 unspecified atom stereocenters. The molecule has 1 aliphatic rings. The van der Waals surface area contributed by atoms with Gasteiger partial charge in [0.15, 0.2) is 5.17 Å². The van der Waals surface area contributed by atoms with Gasteiger partial charge in [0, 0.05) is 18.0 Å². The minimum absolute atomic E-state index is 0.707. The zero-order valence-corrected chi connectivity index (χ0v) is 9.97. The summed E-state index contributed by atoms with van der Waals surface area (Å²) in [7, 11) is 0. The summed E-state index contributed by atoms with van der Waals surface area (Å²) in [5.41, 5.74) is 2.41. The Morgan fingerprint density at radius 1 is 1.33 bits per heavy atom. The SMILES string of the molecule is Cc1ccc(NC2=NCC(C)CS2)cc1. The maximum Gasteiger partial charge on any atom is 0.161 e. The van der Waals surface area contributed by atoms with Crippen molar-refractivity contribution < 1.29 is 0 Å². The largest absolute Gasteiger partial charge is 0.335 e. The number of aryl methyl sites for hydroxylation is 1. The summed E-state index contributed by atoms with van der Waals surface area (Å²) in [4.78, 5) is 4.50. The van der Waals surface area contributed by atoms with Gasteiger partial charge >= 0.3 is 0 Å². The van der Waals surface area contributed by atoms with Gasteiger partial charge in [0.2, 0.25) is 0 Å². The molecule has 0 aromatic heterocycles. The third-order valence-electron chi connectivity index (χ3n) is 2.35. The Morgan fingerprint density at radius 3 is 2.67 bits per heavy atom. The Kier molecular flexibility index (Phi) is 3.31. The lowest BCUT2D eigenvalue weighted by Crippen LogP contribution is -2.18. The Balaban J connectivity index is 2.00. The molecule has 1 atom stereocenters. The van der Waals surface area contributed by atoms with Crippen LogP contribution >= 0.6 is 11.8 Å². The number of nitrogens with zero attached hydrogens (tertiary/aromatic N) is 1. The first-order valence-electron chi connectivity index (χ1n) is 5.25. The summed E-state index contributed by atoms with van der Waals surface area (Å²) in [6.45, 7) is 5.28. The highest BCUT2D eigenvalue weighted by Gasteiger charge is 2.11. The van der Waals surface area contributed by atoms with E-state index < -0.39 is 0 Å². The summed E-state index contributed by atoms with van der Waals surface area (Å²) in [5.74, 6) is 1.87. The fourth-order valence-corrected chi connectivity index (χ4v) is 2.30. The van der Waals surface area contributed by atoms with Crippen LogP contribution in [0.25, 0.3) is 0 Å². The lowest BCUT2D eigenvalue weighted by Gasteiger charge is -2.17. The van der Waals surface area contributed by atoms with Gasteiger partial charge in [-0.1, -0.05) is 36.4 Å². The lowest BCUT2D eigenvalue weighted by molar-refractivity contribution is 0.674. The fraction of sp³-hybridized carbons (Fsp3) is 0.417. The van der Waals surface area contributed by atoms with Crippen molar-refractivity contribution >= 4 is 22.6 Å². The van der Waals surface area contributed by atoms with Crippen molar-refractivity contribution in [3.63, 3.8) is 0 Å². The summed E-state index contributed by atoms with van der Waals surface area (Å²) in [5, 5.41) is 4.39. The number of thioether (sulfide) groups is 1. The van der Waals surface area contributed by atoms with Crippen LogP contribution in [-0.4, -0.2) is 17.5 Å². The quantitative estimate of drug-likeness (QED) is 0.786. The summed E-state index contributed by atoms with van der Waals surface area (Å²) in [6, 6.07) is 8.41. The van der Waals surface area contributed by atoms with Crippen molar-refractivity contribution in [2.45, 2.75) is 13.8 Å². The minimum Gasteiger partial charge on any atom is -0.335 e. The van der Waals surface area contributed by atoms with Crippen molar-refractivity contribution in [3.8, 4) is 0 Å². The predicted octanol–water partition coefficient (Wildman–Crippen LogP) is 3.15. The smallest absolute Gasteiger partial charge is 0.161 e. The number of amidine groups is 1. The van der Waals surface area contributed by atoms with Crippen LogP contribution in [0.15, 0.2) is 29.3 Å². The van der Waals surface area contributed by atoms with E-state index in [4.69, 9.17) is 0 Å². The molecule has 15 heavy (non-hydrogen) atoms. The summed E-state index contributed by atoms with van der Waals surface area (Å²) in [6.07, 6.45) is 0. The van der Waals surface area contributed by atoms with Crippen LogP contribution in [0.3, 0.4) is 0 Å². The van der Waals surface area contributed by atoms with Gasteiger partial charge in [-0.3, -0.25) is 4.99 Å². The molecule has 1 aromatic rings. The topological polar surface area (TPSA) is 24.4 Å². The first-order valence-corrected chi connectivity index (χ1v) is 6.23. The van der Waals surface area contributed by atoms with Gasteiger partial charge in [-0.05, 0) is 25.0 Å². The van der Waals surface area contributed by atoms with E-state index >= 15 is 0 Å². The van der Waals surface area contributed by atoms with E-state index in [2.05, 4.69) is 48.4 Å². The number of aliphatic imine (C=N–C) groups is 1. The molecule has 2 rings (SSSR count). The molecular formula is C12H16N2S. The average molecular weight is 220 g/mol. The van der Waals surface area contributed by atoms with E-state index in [0.717, 1.165) is 23.2 Å². The predicted molar refractivity (Wildman–Crippen MR) is 68.7 cm³/mol. The lowest BCUT2D eigenvalue weighted by atomic mass is 10.2. The second kappa shape index (κ2) is 4.71. The first kappa shape index (κ1) is 10.6. The highest BCUT2D eigenvalue weighted by molar-refractivity contribution is 8.14. The fourth-order valence-electron chi connectivity index (χ4n) is 1.39. The van der Waals surface area contributed by atoms with Gasteiger partial charge in [-0.2, -0.15) is 0 Å². The Hall–Kier alpha value is -0.960. The highest BCUT2D eigenvalue weighted by Crippen LogP contribution is 2.19. The molecule has 1 heterocycles. The van der Waals surface area contributed by atoms with E-state index in [1.54, 1.807) is 0 Å². The van der Waals surface area contributed by atoms with Crippen LogP contribution in [0.5, 0.6) is 0 Å². The van der Waals surface area contributed by atoms with Gasteiger partial charge in [0.25, 0.3) is 0 Å². The van der Waals surface area contributed by atoms with Crippen LogP contribution in [0.4, 0.5) is 5.69 Å². The van der Waals surface area contributed by atoms with Gasteiger partial charge in [-0.25, -0.2) is 0 Å². The second-order valence-corrected chi connectivity index (χ2v) is 5.06. The van der Waals surface area contributed by atoms with E-state index in [1.807, 2.05) is 11.8 Å². The molecule has 2 nitrogen and oxygen atoms in total. The van der Waals surface area contributed by atoms with E-state index in [-0.39, 0.29) is 0 Å². The van der Waals surface area contributed by atoms with E-state index in [1.165, 1.54) is 5.56 Å². The zero-order chi connectivity index (χ0) is 10.7. The van der Waals surface area contributed by atoms with Gasteiger partial charge in [0.1, 0.15) is 0 Å². The van der Waals surface area contributed by atoms with Crippen molar-refractivity contribution in [1.29, 1.82) is 0 Å². The maximum atomic E-state index is 4.50. The normalized spacial score (nSPS) is 20.9. The monoisotopic (exact) mass is 220 g/mol. The molecule has 80 valence electrons. The Bertz CT molecular complexity index is 356. The molecule has 0 bridgehead atoms. The van der Waals surface area contributed by atoms with Crippen LogP contribution in [0.2, 0.25) is 0 Å². The van der Waals surface area contributed by atoms with Gasteiger partial charge < -0.3 is 5.32 Å². The van der Waals surface area contributed by atoms with E-state index in [0.29, 0.717) is 5.92 Å². The molecule has 0 saturated carbocycles. The standard InChI is InChI=1S/C12H16N2S/c1-9-3-5-11(6-4-9)14-12-13-7-10(2)8-15-12/h3-6,10H,7-8H2,1-2H3,(H,13,14). The Labute approximate surface area is 95.2 Å². The third kappa shape index (κ3) is 2.99. The molecule has 0 saturated heterocycles. The number of rotatable bonds is 1. The number of hydrogen-bond acceptors (Lipinski definition) is 3. The van der Waals surface area contributed by atoms with Crippen molar-refractivity contribution in [2.24, 2.45) is 10.9 Å². The molecule has 1 N–H and O–H groups in total. The number of benzene rings is 1. The summed E-state index contributed by atoms with van der Waals surface area (Å²) < 4.78 is 0. The third-order valence-corrected chi connectivity index (χ3v) is 3.59. The number of anilines is 1. The van der Waals surface area contributed by atoms with Crippen LogP contribution in [-0.2, 0) is 0 Å². The Morgan fingerprint density at radius 2 is 2.07 bits per heavy atom. The summed E-state index contributed by atoms with van der Waals surface area (Å²) >= 11 is 1.81. The highest BCUT2D eigenvalue weighted by atomic mass is 32.2. The number of nitrogens with one attached hydrogen (secondary N) is 1. The first-order chi connectivity index (χ1) is 7.24. The molecule has 1 aromatic carbocycles. The molecule has 0 radical (unpaired) electrons. The second-order valence-electron chi connectivity index (χ2n) is 4.05. The number of hydrogen-bond donors (Lipinski definition) is 1. The molecular weight excluding hydrogens is 204 g/mol. The van der Waals surface area contributed by atoms with Crippen molar-refractivity contribution in [2.75, 3.05) is 17.6 Å². The maximum absolute atomic E-state index is 4.50. The molecule has 0 fully saturated rings. The average Bonchev–Trinajstić information content (AvgIpc) is 2.25. The molecule has 0 spiro atoms. The van der Waals surface area contributed by atoms with Crippen molar-refractivity contribution in [1.82, 2.24) is 0 Å². The van der Waals surface area contributed by atoms with Crippen LogP contribution in [0.1, 0.15) is 12.5 Å². The zero-order valence-electron chi connectivity index (χ0n) is 9.16. The van der Waals surface area contributed by atoms with Gasteiger partial charge in [0.05, 0.1) is 0 Å². The van der Waals surface area contributed by atoms with E-state index in [9.17, 15) is 0 Å². The van der Waals surface area contributed by atoms with Crippen molar-refractivity contribution in [3.05, 3.63) is 29.8 Å². The molecule has 0 amide bonds. The van der Waals surface area contributed by atoms with Crippen LogP contribution < -0.4 is 5.32 Å².